The van der Waals surface area contributed by atoms with Gasteiger partial charge in [0, 0.05) is 12.7 Å². The van der Waals surface area contributed by atoms with Crippen LogP contribution in [0.15, 0.2) is 10.8 Å². The van der Waals surface area contributed by atoms with E-state index in [-0.39, 0.29) is 12.0 Å². The Hall–Kier alpha value is -2.26. The van der Waals surface area contributed by atoms with Crippen molar-refractivity contribution in [3.8, 4) is 17.4 Å². The molecule has 1 unspecified atom stereocenters. The normalized spacial score (nSPS) is 12.6. The van der Waals surface area contributed by atoms with Gasteiger partial charge in [-0.2, -0.15) is 4.98 Å². The van der Waals surface area contributed by atoms with Crippen LogP contribution in [0.2, 0.25) is 0 Å². The molecule has 0 bridgehead atoms. The Labute approximate surface area is 172 Å². The van der Waals surface area contributed by atoms with Crippen LogP contribution < -0.4 is 9.47 Å². The topological polar surface area (TPSA) is 95.0 Å². The molecule has 0 radical (unpaired) electrons. The van der Waals surface area contributed by atoms with Crippen molar-refractivity contribution in [3.05, 3.63) is 27.5 Å². The summed E-state index contributed by atoms with van der Waals surface area (Å²) in [6, 6.07) is 0. The van der Waals surface area contributed by atoms with Gasteiger partial charge in [0.2, 0.25) is 0 Å². The largest absolute Gasteiger partial charge is 0.493 e. The average molecular weight is 450 g/mol. The van der Waals surface area contributed by atoms with E-state index >= 15 is 0 Å². The van der Waals surface area contributed by atoms with Gasteiger partial charge in [0.1, 0.15) is 6.33 Å². The molecule has 0 fully saturated rings. The van der Waals surface area contributed by atoms with E-state index in [9.17, 15) is 0 Å². The summed E-state index contributed by atoms with van der Waals surface area (Å²) >= 11 is 3.75. The summed E-state index contributed by atoms with van der Waals surface area (Å²) in [5.41, 5.74) is 4.19. The molecule has 1 atom stereocenters. The Kier molecular flexibility index (Phi) is 6.14. The number of benzene rings is 1. The molecule has 8 nitrogen and oxygen atoms in total. The molecule has 2 aromatic heterocycles. The number of halogens is 1. The Balaban J connectivity index is 2.27. The summed E-state index contributed by atoms with van der Waals surface area (Å²) in [4.78, 5) is 8.33. The number of nitrogens with zero attached hydrogens (tertiary/aromatic N) is 4. The van der Waals surface area contributed by atoms with Crippen LogP contribution in [-0.4, -0.2) is 39.6 Å². The molecule has 0 aliphatic carbocycles. The Morgan fingerprint density at radius 2 is 1.89 bits per heavy atom. The van der Waals surface area contributed by atoms with Crippen LogP contribution in [0, 0.1) is 6.92 Å². The van der Waals surface area contributed by atoms with Gasteiger partial charge >= 0.3 is 0 Å². The molecule has 28 heavy (non-hydrogen) atoms. The van der Waals surface area contributed by atoms with Crippen LogP contribution in [0.4, 0.5) is 0 Å². The first-order valence-electron chi connectivity index (χ1n) is 9.06. The molecule has 3 aromatic rings. The maximum absolute atomic E-state index is 6.20. The van der Waals surface area contributed by atoms with E-state index in [1.807, 2.05) is 6.92 Å². The highest BCUT2D eigenvalue weighted by Crippen LogP contribution is 2.49. The van der Waals surface area contributed by atoms with Gasteiger partial charge in [-0.25, -0.2) is 10.1 Å². The van der Waals surface area contributed by atoms with Crippen molar-refractivity contribution < 1.29 is 14.2 Å². The van der Waals surface area contributed by atoms with E-state index in [2.05, 4.69) is 62.1 Å². The van der Waals surface area contributed by atoms with Gasteiger partial charge in [-0.15, -0.1) is 5.10 Å². The molecule has 1 N–H and O–H groups in total. The van der Waals surface area contributed by atoms with E-state index in [4.69, 9.17) is 14.2 Å². The van der Waals surface area contributed by atoms with E-state index in [0.29, 0.717) is 28.5 Å². The van der Waals surface area contributed by atoms with E-state index in [1.54, 1.807) is 14.2 Å². The molecular formula is C19H24BrN5O3. The third kappa shape index (κ3) is 3.44. The number of hydrogen-bond acceptors (Lipinski definition) is 7. The van der Waals surface area contributed by atoms with E-state index in [0.717, 1.165) is 22.0 Å². The second-order valence-corrected chi connectivity index (χ2v) is 7.50. The lowest BCUT2D eigenvalue weighted by Gasteiger charge is -2.27. The van der Waals surface area contributed by atoms with Gasteiger partial charge < -0.3 is 14.2 Å². The van der Waals surface area contributed by atoms with Gasteiger partial charge in [-0.1, -0.05) is 26.0 Å². The molecule has 0 saturated heterocycles. The lowest BCUT2D eigenvalue weighted by Crippen LogP contribution is -2.11. The van der Waals surface area contributed by atoms with Crippen LogP contribution in [0.1, 0.15) is 55.9 Å². The van der Waals surface area contributed by atoms with Crippen LogP contribution in [0.25, 0.3) is 11.2 Å². The van der Waals surface area contributed by atoms with E-state index in [1.165, 1.54) is 11.9 Å². The second-order valence-electron chi connectivity index (χ2n) is 6.71. The molecule has 2 heterocycles. The maximum Gasteiger partial charge on any atom is 0.253 e. The predicted octanol–water partition coefficient (Wildman–Crippen LogP) is 4.84. The maximum atomic E-state index is 6.20. The molecule has 0 amide bonds. The third-order valence-electron chi connectivity index (χ3n) is 4.73. The van der Waals surface area contributed by atoms with Crippen molar-refractivity contribution in [2.24, 2.45) is 0 Å². The Morgan fingerprint density at radius 3 is 2.50 bits per heavy atom. The SMILES string of the molecule is CCC(OC)c1c(Br)c(Oc2ncnc3[nH]nnc23)c(OC)c(C)c1C(C)C. The Morgan fingerprint density at radius 1 is 1.14 bits per heavy atom. The van der Waals surface area contributed by atoms with Gasteiger partial charge in [0.15, 0.2) is 22.7 Å². The van der Waals surface area contributed by atoms with Crippen molar-refractivity contribution in [2.75, 3.05) is 14.2 Å². The monoisotopic (exact) mass is 449 g/mol. The second kappa shape index (κ2) is 8.40. The summed E-state index contributed by atoms with van der Waals surface area (Å²) in [6.07, 6.45) is 2.13. The highest BCUT2D eigenvalue weighted by atomic mass is 79.9. The lowest BCUT2D eigenvalue weighted by atomic mass is 9.88. The fourth-order valence-electron chi connectivity index (χ4n) is 3.55. The number of H-pyrrole nitrogens is 1. The predicted molar refractivity (Wildman–Crippen MR) is 109 cm³/mol. The molecule has 0 aliphatic rings. The third-order valence-corrected chi connectivity index (χ3v) is 5.52. The zero-order valence-electron chi connectivity index (χ0n) is 16.8. The van der Waals surface area contributed by atoms with Crippen molar-refractivity contribution >= 4 is 27.1 Å². The first kappa shape index (κ1) is 20.5. The van der Waals surface area contributed by atoms with Crippen LogP contribution in [0.5, 0.6) is 17.4 Å². The fraction of sp³-hybridized carbons (Fsp3) is 0.474. The van der Waals surface area contributed by atoms with Gasteiger partial charge in [-0.05, 0) is 46.3 Å². The number of ether oxygens (including phenoxy) is 3. The summed E-state index contributed by atoms with van der Waals surface area (Å²) in [5, 5.41) is 10.5. The van der Waals surface area contributed by atoms with Gasteiger partial charge in [-0.3, -0.25) is 0 Å². The number of aromatic amines is 1. The average Bonchev–Trinajstić information content (AvgIpc) is 3.16. The summed E-state index contributed by atoms with van der Waals surface area (Å²) < 4.78 is 18.5. The number of fused-ring (bicyclic) bond motifs is 1. The Bertz CT molecular complexity index is 985. The number of aromatic nitrogens is 5. The summed E-state index contributed by atoms with van der Waals surface area (Å²) in [6.45, 7) is 8.44. The fourth-order valence-corrected chi connectivity index (χ4v) is 4.28. The molecule has 150 valence electrons. The van der Waals surface area contributed by atoms with Gasteiger partial charge in [0.05, 0.1) is 17.7 Å². The van der Waals surface area contributed by atoms with Gasteiger partial charge in [0.25, 0.3) is 5.88 Å². The number of hydrogen-bond donors (Lipinski definition) is 1. The highest BCUT2D eigenvalue weighted by molar-refractivity contribution is 9.10. The zero-order chi connectivity index (χ0) is 20.4. The van der Waals surface area contributed by atoms with Crippen LogP contribution in [-0.2, 0) is 4.74 Å². The smallest absolute Gasteiger partial charge is 0.253 e. The molecular weight excluding hydrogens is 426 g/mol. The summed E-state index contributed by atoms with van der Waals surface area (Å²) in [5.74, 6) is 1.74. The van der Waals surface area contributed by atoms with Crippen molar-refractivity contribution in [3.63, 3.8) is 0 Å². The molecule has 0 aliphatic heterocycles. The van der Waals surface area contributed by atoms with Crippen LogP contribution in [0.3, 0.4) is 0 Å². The molecule has 1 aromatic carbocycles. The van der Waals surface area contributed by atoms with E-state index < -0.39 is 0 Å². The zero-order valence-corrected chi connectivity index (χ0v) is 18.4. The first-order chi connectivity index (χ1) is 13.4. The highest BCUT2D eigenvalue weighted by Gasteiger charge is 2.29. The van der Waals surface area contributed by atoms with Crippen molar-refractivity contribution in [1.82, 2.24) is 25.4 Å². The lowest BCUT2D eigenvalue weighted by molar-refractivity contribution is 0.0981. The van der Waals surface area contributed by atoms with Crippen molar-refractivity contribution in [2.45, 2.75) is 46.1 Å². The minimum Gasteiger partial charge on any atom is -0.493 e. The molecule has 0 saturated carbocycles. The first-order valence-corrected chi connectivity index (χ1v) is 9.85. The minimum absolute atomic E-state index is 0.0869. The standard InChI is InChI=1S/C19H24BrN5O3/c1-7-11(26-5)13-12(9(2)3)10(4)16(27-6)17(14(13)20)28-19-15-18(21-8-22-19)24-25-23-15/h8-9,11H,7H2,1-6H3,(H,21,22,23,24,25). The van der Waals surface area contributed by atoms with Crippen molar-refractivity contribution in [1.29, 1.82) is 0 Å². The summed E-state index contributed by atoms with van der Waals surface area (Å²) in [7, 11) is 3.35. The molecule has 0 spiro atoms. The molecule has 3 rings (SSSR count). The number of nitrogens with one attached hydrogen (secondary N) is 1. The molecule has 9 heteroatoms. The van der Waals surface area contributed by atoms with Crippen LogP contribution >= 0.6 is 15.9 Å². The minimum atomic E-state index is -0.0869. The number of rotatable bonds is 7. The quantitative estimate of drug-likeness (QED) is 0.550. The number of methoxy groups -OCH3 is 2.